The Kier molecular flexibility index (Phi) is 4.29. The van der Waals surface area contributed by atoms with E-state index in [0.717, 1.165) is 31.2 Å². The standard InChI is InChI=1S/C16H20N4O3/c1-11-18-14(20-23-11)12-5-4-6-13(9-12)19-15(21)17-10-16(22)7-2-3-8-16/h4-6,9,22H,2-3,7-8,10H2,1H3,(H2,17,19,21). The molecule has 1 aromatic heterocycles. The Balaban J connectivity index is 1.60. The van der Waals surface area contributed by atoms with Gasteiger partial charge in [-0.05, 0) is 25.0 Å². The molecule has 23 heavy (non-hydrogen) atoms. The number of amides is 2. The predicted octanol–water partition coefficient (Wildman–Crippen LogP) is 2.47. The minimum atomic E-state index is -0.763. The number of hydrogen-bond acceptors (Lipinski definition) is 5. The van der Waals surface area contributed by atoms with Gasteiger partial charge in [0.25, 0.3) is 0 Å². The Morgan fingerprint density at radius 1 is 1.39 bits per heavy atom. The number of aliphatic hydroxyl groups is 1. The van der Waals surface area contributed by atoms with E-state index in [9.17, 15) is 9.90 Å². The molecule has 1 fully saturated rings. The van der Waals surface area contributed by atoms with E-state index in [1.54, 1.807) is 25.1 Å². The lowest BCUT2D eigenvalue weighted by atomic mass is 10.0. The van der Waals surface area contributed by atoms with E-state index in [1.807, 2.05) is 6.07 Å². The van der Waals surface area contributed by atoms with Gasteiger partial charge in [-0.2, -0.15) is 4.98 Å². The second-order valence-electron chi connectivity index (χ2n) is 5.96. The molecule has 2 aromatic rings. The SMILES string of the molecule is Cc1nc(-c2cccc(NC(=O)NCC3(O)CCCC3)c2)no1. The van der Waals surface area contributed by atoms with E-state index >= 15 is 0 Å². The molecule has 0 saturated heterocycles. The van der Waals surface area contributed by atoms with Crippen LogP contribution in [0.3, 0.4) is 0 Å². The fraction of sp³-hybridized carbons (Fsp3) is 0.438. The van der Waals surface area contributed by atoms with Gasteiger partial charge < -0.3 is 20.3 Å². The molecule has 2 amide bonds. The summed E-state index contributed by atoms with van der Waals surface area (Å²) in [4.78, 5) is 16.1. The maximum Gasteiger partial charge on any atom is 0.319 e. The van der Waals surface area contributed by atoms with Crippen molar-refractivity contribution in [1.82, 2.24) is 15.5 Å². The molecule has 3 rings (SSSR count). The highest BCUT2D eigenvalue weighted by Gasteiger charge is 2.31. The molecule has 0 bridgehead atoms. The van der Waals surface area contributed by atoms with Crippen LogP contribution >= 0.6 is 0 Å². The highest BCUT2D eigenvalue weighted by atomic mass is 16.5. The van der Waals surface area contributed by atoms with Gasteiger partial charge in [0.15, 0.2) is 0 Å². The van der Waals surface area contributed by atoms with E-state index in [2.05, 4.69) is 20.8 Å². The van der Waals surface area contributed by atoms with Gasteiger partial charge in [0.2, 0.25) is 11.7 Å². The third kappa shape index (κ3) is 3.87. The van der Waals surface area contributed by atoms with Crippen molar-refractivity contribution < 1.29 is 14.4 Å². The lowest BCUT2D eigenvalue weighted by Crippen LogP contribution is -2.42. The van der Waals surface area contributed by atoms with Crippen molar-refractivity contribution in [2.24, 2.45) is 0 Å². The van der Waals surface area contributed by atoms with Gasteiger partial charge in [-0.3, -0.25) is 0 Å². The van der Waals surface area contributed by atoms with Crippen molar-refractivity contribution in [3.8, 4) is 11.4 Å². The minimum absolute atomic E-state index is 0.266. The quantitative estimate of drug-likeness (QED) is 0.804. The summed E-state index contributed by atoms with van der Waals surface area (Å²) in [6.45, 7) is 1.99. The summed E-state index contributed by atoms with van der Waals surface area (Å²) in [5.41, 5.74) is 0.622. The lowest BCUT2D eigenvalue weighted by Gasteiger charge is -2.22. The smallest absolute Gasteiger partial charge is 0.319 e. The number of hydrogen-bond donors (Lipinski definition) is 3. The van der Waals surface area contributed by atoms with Gasteiger partial charge in [-0.15, -0.1) is 0 Å². The molecule has 7 nitrogen and oxygen atoms in total. The molecule has 1 heterocycles. The summed E-state index contributed by atoms with van der Waals surface area (Å²) in [6.07, 6.45) is 3.48. The molecule has 1 aromatic carbocycles. The molecule has 3 N–H and O–H groups in total. The summed E-state index contributed by atoms with van der Waals surface area (Å²) in [7, 11) is 0. The number of urea groups is 1. The van der Waals surface area contributed by atoms with E-state index in [0.29, 0.717) is 17.4 Å². The largest absolute Gasteiger partial charge is 0.388 e. The Labute approximate surface area is 134 Å². The van der Waals surface area contributed by atoms with E-state index in [1.165, 1.54) is 0 Å². The van der Waals surface area contributed by atoms with Gasteiger partial charge in [0.05, 0.1) is 5.60 Å². The zero-order valence-electron chi connectivity index (χ0n) is 13.0. The summed E-state index contributed by atoms with van der Waals surface area (Å²) in [5, 5.41) is 19.6. The van der Waals surface area contributed by atoms with Crippen LogP contribution in [0.15, 0.2) is 28.8 Å². The maximum atomic E-state index is 12.0. The van der Waals surface area contributed by atoms with Gasteiger partial charge in [-0.25, -0.2) is 4.79 Å². The van der Waals surface area contributed by atoms with Crippen LogP contribution in [0.4, 0.5) is 10.5 Å². The third-order valence-electron chi connectivity index (χ3n) is 4.02. The Bertz CT molecular complexity index is 692. The zero-order chi connectivity index (χ0) is 16.3. The molecule has 0 spiro atoms. The monoisotopic (exact) mass is 316 g/mol. The van der Waals surface area contributed by atoms with Crippen molar-refractivity contribution in [2.75, 3.05) is 11.9 Å². The highest BCUT2D eigenvalue weighted by Crippen LogP contribution is 2.28. The third-order valence-corrected chi connectivity index (χ3v) is 4.02. The number of nitrogens with one attached hydrogen (secondary N) is 2. The molecular weight excluding hydrogens is 296 g/mol. The molecule has 122 valence electrons. The highest BCUT2D eigenvalue weighted by molar-refractivity contribution is 5.89. The Morgan fingerprint density at radius 2 is 2.17 bits per heavy atom. The second kappa shape index (κ2) is 6.37. The van der Waals surface area contributed by atoms with Crippen molar-refractivity contribution in [3.05, 3.63) is 30.2 Å². The fourth-order valence-corrected chi connectivity index (χ4v) is 2.78. The van der Waals surface area contributed by atoms with Crippen LogP contribution in [-0.2, 0) is 0 Å². The molecule has 0 radical (unpaired) electrons. The molecular formula is C16H20N4O3. The van der Waals surface area contributed by atoms with Crippen LogP contribution in [0, 0.1) is 6.92 Å². The average molecular weight is 316 g/mol. The fourth-order valence-electron chi connectivity index (χ4n) is 2.78. The van der Waals surface area contributed by atoms with Crippen LogP contribution < -0.4 is 10.6 Å². The van der Waals surface area contributed by atoms with Crippen LogP contribution in [0.2, 0.25) is 0 Å². The predicted molar refractivity (Wildman–Crippen MR) is 84.9 cm³/mol. The van der Waals surface area contributed by atoms with E-state index in [-0.39, 0.29) is 12.6 Å². The van der Waals surface area contributed by atoms with Crippen molar-refractivity contribution in [1.29, 1.82) is 0 Å². The number of carbonyl (C=O) groups excluding carboxylic acids is 1. The number of nitrogens with zero attached hydrogens (tertiary/aromatic N) is 2. The summed E-state index contributed by atoms with van der Waals surface area (Å²) in [5.74, 6) is 0.965. The summed E-state index contributed by atoms with van der Waals surface area (Å²) in [6, 6.07) is 6.86. The van der Waals surface area contributed by atoms with Crippen molar-refractivity contribution in [2.45, 2.75) is 38.2 Å². The summed E-state index contributed by atoms with van der Waals surface area (Å²) < 4.78 is 4.96. The first-order valence-corrected chi connectivity index (χ1v) is 7.72. The van der Waals surface area contributed by atoms with E-state index < -0.39 is 5.60 Å². The molecule has 0 unspecified atom stereocenters. The number of aryl methyl sites for hydroxylation is 1. The minimum Gasteiger partial charge on any atom is -0.388 e. The summed E-state index contributed by atoms with van der Waals surface area (Å²) >= 11 is 0. The number of aromatic nitrogens is 2. The molecule has 1 aliphatic carbocycles. The van der Waals surface area contributed by atoms with Crippen LogP contribution in [0.25, 0.3) is 11.4 Å². The van der Waals surface area contributed by atoms with Gasteiger partial charge in [0.1, 0.15) is 0 Å². The molecule has 0 atom stereocenters. The number of rotatable bonds is 4. The van der Waals surface area contributed by atoms with Crippen LogP contribution in [-0.4, -0.2) is 33.4 Å². The average Bonchev–Trinajstić information content (AvgIpc) is 3.15. The van der Waals surface area contributed by atoms with Crippen LogP contribution in [0.5, 0.6) is 0 Å². The lowest BCUT2D eigenvalue weighted by molar-refractivity contribution is 0.0506. The van der Waals surface area contributed by atoms with Gasteiger partial charge in [0, 0.05) is 24.7 Å². The number of benzene rings is 1. The first-order valence-electron chi connectivity index (χ1n) is 7.72. The van der Waals surface area contributed by atoms with Crippen molar-refractivity contribution >= 4 is 11.7 Å². The van der Waals surface area contributed by atoms with Gasteiger partial charge in [-0.1, -0.05) is 30.1 Å². The first-order chi connectivity index (χ1) is 11.0. The Hall–Kier alpha value is -2.41. The molecule has 0 aliphatic heterocycles. The van der Waals surface area contributed by atoms with Crippen molar-refractivity contribution in [3.63, 3.8) is 0 Å². The zero-order valence-corrected chi connectivity index (χ0v) is 13.0. The molecule has 7 heteroatoms. The second-order valence-corrected chi connectivity index (χ2v) is 5.96. The number of anilines is 1. The Morgan fingerprint density at radius 3 is 2.87 bits per heavy atom. The topological polar surface area (TPSA) is 100 Å². The van der Waals surface area contributed by atoms with Gasteiger partial charge >= 0.3 is 6.03 Å². The molecule has 1 saturated carbocycles. The maximum absolute atomic E-state index is 12.0. The first kappa shape index (κ1) is 15.5. The van der Waals surface area contributed by atoms with Crippen LogP contribution in [0.1, 0.15) is 31.6 Å². The number of carbonyl (C=O) groups is 1. The van der Waals surface area contributed by atoms with E-state index in [4.69, 9.17) is 4.52 Å². The molecule has 1 aliphatic rings. The normalized spacial score (nSPS) is 16.3.